The molecule has 1 atom stereocenters. The number of amides is 1. The highest BCUT2D eigenvalue weighted by Gasteiger charge is 2.43. The molecule has 4 nitrogen and oxygen atoms in total. The molecule has 0 radical (unpaired) electrons. The first-order chi connectivity index (χ1) is 9.75. The largest absolute Gasteiger partial charge is 0.492 e. The molecule has 0 fully saturated rings. The molecule has 3 aliphatic rings. The molecule has 0 saturated heterocycles. The Hall–Kier alpha value is -1.88. The highest BCUT2D eigenvalue weighted by atomic mass is 32.2. The van der Waals surface area contributed by atoms with Gasteiger partial charge in [0.15, 0.2) is 0 Å². The number of pyridine rings is 1. The zero-order chi connectivity index (χ0) is 13.7. The Morgan fingerprint density at radius 1 is 1.35 bits per heavy atom. The van der Waals surface area contributed by atoms with Crippen molar-refractivity contribution >= 4 is 28.3 Å². The SMILES string of the molecule is CC1=NC(=O)C2SC(c3ccncc3)=C3OCCC1=C32. The van der Waals surface area contributed by atoms with E-state index in [0.717, 1.165) is 33.9 Å². The molecule has 100 valence electrons. The van der Waals surface area contributed by atoms with Crippen molar-refractivity contribution in [1.29, 1.82) is 0 Å². The van der Waals surface area contributed by atoms with E-state index in [1.165, 1.54) is 5.57 Å². The van der Waals surface area contributed by atoms with Gasteiger partial charge in [-0.25, -0.2) is 4.99 Å². The van der Waals surface area contributed by atoms with E-state index in [2.05, 4.69) is 9.98 Å². The number of hydrogen-bond acceptors (Lipinski definition) is 4. The Kier molecular flexibility index (Phi) is 2.57. The lowest BCUT2D eigenvalue weighted by Crippen LogP contribution is -2.28. The van der Waals surface area contributed by atoms with E-state index < -0.39 is 0 Å². The van der Waals surface area contributed by atoms with Crippen molar-refractivity contribution in [3.05, 3.63) is 47.0 Å². The lowest BCUT2D eigenvalue weighted by atomic mass is 9.92. The lowest BCUT2D eigenvalue weighted by Gasteiger charge is -2.26. The normalized spacial score (nSPS) is 24.6. The molecule has 3 aliphatic heterocycles. The van der Waals surface area contributed by atoms with Gasteiger partial charge < -0.3 is 4.74 Å². The summed E-state index contributed by atoms with van der Waals surface area (Å²) in [4.78, 5) is 21.4. The van der Waals surface area contributed by atoms with Crippen molar-refractivity contribution in [1.82, 2.24) is 4.98 Å². The monoisotopic (exact) mass is 284 g/mol. The van der Waals surface area contributed by atoms with Crippen LogP contribution in [-0.4, -0.2) is 28.5 Å². The number of nitrogens with zero attached hydrogens (tertiary/aromatic N) is 2. The quantitative estimate of drug-likeness (QED) is 0.795. The summed E-state index contributed by atoms with van der Waals surface area (Å²) in [5.74, 6) is 0.799. The molecule has 0 spiro atoms. The maximum Gasteiger partial charge on any atom is 0.264 e. The van der Waals surface area contributed by atoms with Gasteiger partial charge in [-0.2, -0.15) is 0 Å². The minimum atomic E-state index is -0.229. The predicted molar refractivity (Wildman–Crippen MR) is 78.2 cm³/mol. The second-order valence-corrected chi connectivity index (χ2v) is 6.03. The maximum atomic E-state index is 12.2. The molecular weight excluding hydrogens is 272 g/mol. The summed E-state index contributed by atoms with van der Waals surface area (Å²) in [5, 5.41) is -0.229. The van der Waals surface area contributed by atoms with E-state index in [0.29, 0.717) is 6.61 Å². The standard InChI is InChI=1S/C15H12N2O2S/c1-8-10-4-7-19-12-11(10)14(15(18)17-8)20-13(12)9-2-5-16-6-3-9/h2-3,5-6,14H,4,7H2,1H3. The number of allylic oxidation sites excluding steroid dienone is 1. The molecule has 0 aliphatic carbocycles. The van der Waals surface area contributed by atoms with Gasteiger partial charge in [0.2, 0.25) is 0 Å². The smallest absolute Gasteiger partial charge is 0.264 e. The number of rotatable bonds is 1. The van der Waals surface area contributed by atoms with Crippen molar-refractivity contribution in [3.8, 4) is 0 Å². The van der Waals surface area contributed by atoms with Crippen molar-refractivity contribution in [2.24, 2.45) is 4.99 Å². The highest BCUT2D eigenvalue weighted by molar-refractivity contribution is 8.10. The molecule has 4 heterocycles. The number of aromatic nitrogens is 1. The van der Waals surface area contributed by atoms with Crippen LogP contribution in [0.1, 0.15) is 18.9 Å². The van der Waals surface area contributed by atoms with Crippen LogP contribution < -0.4 is 0 Å². The van der Waals surface area contributed by atoms with E-state index in [1.54, 1.807) is 24.2 Å². The summed E-state index contributed by atoms with van der Waals surface area (Å²) < 4.78 is 5.88. The molecular formula is C15H12N2O2S. The summed E-state index contributed by atoms with van der Waals surface area (Å²) >= 11 is 1.55. The molecule has 20 heavy (non-hydrogen) atoms. The predicted octanol–water partition coefficient (Wildman–Crippen LogP) is 2.58. The minimum absolute atomic E-state index is 0.0710. The van der Waals surface area contributed by atoms with Gasteiger partial charge in [-0.1, -0.05) is 0 Å². The fraction of sp³-hybridized carbons (Fsp3) is 0.267. The van der Waals surface area contributed by atoms with Gasteiger partial charge in [0.25, 0.3) is 5.91 Å². The highest BCUT2D eigenvalue weighted by Crippen LogP contribution is 2.52. The number of ether oxygens (including phenoxy) is 1. The number of carbonyl (C=O) groups excluding carboxylic acids is 1. The van der Waals surface area contributed by atoms with Crippen LogP contribution in [0.5, 0.6) is 0 Å². The Morgan fingerprint density at radius 2 is 2.15 bits per heavy atom. The van der Waals surface area contributed by atoms with Gasteiger partial charge in [-0.15, -0.1) is 11.8 Å². The van der Waals surface area contributed by atoms with Crippen LogP contribution in [0.4, 0.5) is 0 Å². The maximum absolute atomic E-state index is 12.2. The Balaban J connectivity index is 1.92. The van der Waals surface area contributed by atoms with Crippen molar-refractivity contribution in [2.45, 2.75) is 18.6 Å². The molecule has 0 aromatic carbocycles. The summed E-state index contributed by atoms with van der Waals surface area (Å²) in [6.45, 7) is 2.56. The number of dihydropyridines is 1. The first-order valence-corrected chi connectivity index (χ1v) is 7.40. The van der Waals surface area contributed by atoms with Gasteiger partial charge >= 0.3 is 0 Å². The summed E-state index contributed by atoms with van der Waals surface area (Å²) in [7, 11) is 0. The first kappa shape index (κ1) is 11.9. The lowest BCUT2D eigenvalue weighted by molar-refractivity contribution is -0.116. The van der Waals surface area contributed by atoms with Crippen molar-refractivity contribution in [2.75, 3.05) is 6.61 Å². The third-order valence-electron chi connectivity index (χ3n) is 3.75. The van der Waals surface area contributed by atoms with E-state index in [1.807, 2.05) is 19.1 Å². The van der Waals surface area contributed by atoms with Crippen LogP contribution in [0.15, 0.2) is 46.4 Å². The topological polar surface area (TPSA) is 51.5 Å². The molecule has 5 heteroatoms. The zero-order valence-electron chi connectivity index (χ0n) is 10.9. The zero-order valence-corrected chi connectivity index (χ0v) is 11.7. The Bertz CT molecular complexity index is 704. The second-order valence-electron chi connectivity index (χ2n) is 4.92. The summed E-state index contributed by atoms with van der Waals surface area (Å²) in [6, 6.07) is 3.89. The third-order valence-corrected chi connectivity index (χ3v) is 5.08. The molecule has 0 N–H and O–H groups in total. The Morgan fingerprint density at radius 3 is 2.95 bits per heavy atom. The number of thioether (sulfide) groups is 1. The van der Waals surface area contributed by atoms with E-state index in [-0.39, 0.29) is 11.2 Å². The van der Waals surface area contributed by atoms with Gasteiger partial charge in [0, 0.05) is 30.1 Å². The van der Waals surface area contributed by atoms with Gasteiger partial charge in [-0.05, 0) is 30.2 Å². The number of carbonyl (C=O) groups is 1. The molecule has 1 aromatic rings. The first-order valence-electron chi connectivity index (χ1n) is 6.53. The summed E-state index contributed by atoms with van der Waals surface area (Å²) in [5.41, 5.74) is 4.13. The fourth-order valence-corrected chi connectivity index (χ4v) is 4.15. The molecule has 1 amide bonds. The van der Waals surface area contributed by atoms with E-state index in [9.17, 15) is 4.79 Å². The van der Waals surface area contributed by atoms with Crippen LogP contribution >= 0.6 is 11.8 Å². The van der Waals surface area contributed by atoms with Crippen LogP contribution in [0.2, 0.25) is 0 Å². The second kappa shape index (κ2) is 4.31. The molecule has 0 saturated carbocycles. The van der Waals surface area contributed by atoms with Crippen molar-refractivity contribution in [3.63, 3.8) is 0 Å². The van der Waals surface area contributed by atoms with Crippen LogP contribution in [-0.2, 0) is 9.53 Å². The van der Waals surface area contributed by atoms with Crippen LogP contribution in [0.3, 0.4) is 0 Å². The van der Waals surface area contributed by atoms with Gasteiger partial charge in [0.1, 0.15) is 11.0 Å². The number of aliphatic imine (C=N–C) groups is 1. The van der Waals surface area contributed by atoms with Crippen LogP contribution in [0, 0.1) is 0 Å². The molecule has 1 unspecified atom stereocenters. The average molecular weight is 284 g/mol. The average Bonchev–Trinajstić information content (AvgIpc) is 2.87. The van der Waals surface area contributed by atoms with Crippen LogP contribution in [0.25, 0.3) is 4.91 Å². The summed E-state index contributed by atoms with van der Waals surface area (Å²) in [6.07, 6.45) is 4.35. The fourth-order valence-electron chi connectivity index (χ4n) is 2.84. The molecule has 4 rings (SSSR count). The van der Waals surface area contributed by atoms with E-state index in [4.69, 9.17) is 4.74 Å². The van der Waals surface area contributed by atoms with Gasteiger partial charge in [-0.3, -0.25) is 9.78 Å². The Labute approximate surface area is 120 Å². The minimum Gasteiger partial charge on any atom is -0.492 e. The number of hydrogen-bond donors (Lipinski definition) is 0. The van der Waals surface area contributed by atoms with E-state index >= 15 is 0 Å². The van der Waals surface area contributed by atoms with Gasteiger partial charge in [0.05, 0.1) is 11.5 Å². The molecule has 1 aromatic heterocycles. The van der Waals surface area contributed by atoms with Crippen molar-refractivity contribution < 1.29 is 9.53 Å². The third kappa shape index (κ3) is 1.59. The molecule has 0 bridgehead atoms.